The Labute approximate surface area is 228 Å². The summed E-state index contributed by atoms with van der Waals surface area (Å²) in [4.78, 5) is 23.6. The lowest BCUT2D eigenvalue weighted by Crippen LogP contribution is -2.38. The van der Waals surface area contributed by atoms with Crippen molar-refractivity contribution in [3.8, 4) is 0 Å². The van der Waals surface area contributed by atoms with E-state index in [1.807, 2.05) is 34.6 Å². The van der Waals surface area contributed by atoms with E-state index < -0.39 is 20.9 Å². The Kier molecular flexibility index (Phi) is 11.4. The van der Waals surface area contributed by atoms with Gasteiger partial charge in [-0.05, 0) is 110 Å². The van der Waals surface area contributed by atoms with Crippen LogP contribution in [0.3, 0.4) is 0 Å². The van der Waals surface area contributed by atoms with Gasteiger partial charge in [0.15, 0.2) is 0 Å². The molecule has 216 valence electrons. The first-order valence-electron chi connectivity index (χ1n) is 13.5. The predicted octanol–water partition coefficient (Wildman–Crippen LogP) is 5.20. The molecule has 1 aromatic carbocycles. The molecule has 0 amide bonds. The molecule has 0 aliphatic heterocycles. The molecule has 0 radical (unpaired) electrons. The number of hydrogen-bond acceptors (Lipinski definition) is 8. The number of aliphatic hydroxyl groups excluding tert-OH is 1. The van der Waals surface area contributed by atoms with E-state index in [4.69, 9.17) is 13.7 Å². The molecule has 8 nitrogen and oxygen atoms in total. The summed E-state index contributed by atoms with van der Waals surface area (Å²) in [5.41, 5.74) is 0.0317. The fourth-order valence-corrected chi connectivity index (χ4v) is 6.61. The van der Waals surface area contributed by atoms with E-state index in [2.05, 4.69) is 0 Å². The molecule has 0 bridgehead atoms. The van der Waals surface area contributed by atoms with Gasteiger partial charge in [-0.3, -0.25) is 13.8 Å². The molecule has 3 rings (SSSR count). The highest BCUT2D eigenvalue weighted by Crippen LogP contribution is 2.41. The molecule has 0 aromatic heterocycles. The molecule has 2 fully saturated rings. The molecule has 2 aliphatic rings. The number of benzene rings is 1. The maximum Gasteiger partial charge on any atom is 0.311 e. The first kappa shape index (κ1) is 32.2. The van der Waals surface area contributed by atoms with Crippen LogP contribution in [0.4, 0.5) is 0 Å². The van der Waals surface area contributed by atoms with Gasteiger partial charge in [-0.1, -0.05) is 17.7 Å². The molecule has 0 spiro atoms. The fourth-order valence-electron chi connectivity index (χ4n) is 5.48. The van der Waals surface area contributed by atoms with Crippen molar-refractivity contribution in [2.24, 2.45) is 22.7 Å². The van der Waals surface area contributed by atoms with Crippen LogP contribution in [0.15, 0.2) is 29.2 Å². The lowest BCUT2D eigenvalue weighted by atomic mass is 9.70. The van der Waals surface area contributed by atoms with E-state index in [0.717, 1.165) is 44.1 Å². The third-order valence-electron chi connectivity index (χ3n) is 8.41. The van der Waals surface area contributed by atoms with E-state index in [0.29, 0.717) is 18.8 Å². The minimum Gasteiger partial charge on any atom is -0.469 e. The molecule has 1 aromatic rings. The maximum atomic E-state index is 12.3. The average Bonchev–Trinajstić information content (AvgIpc) is 2.88. The van der Waals surface area contributed by atoms with Gasteiger partial charge in [-0.25, -0.2) is 0 Å². The molecule has 2 aliphatic carbocycles. The number of aliphatic hydroxyl groups is 1. The molecule has 0 heterocycles. The van der Waals surface area contributed by atoms with E-state index in [9.17, 15) is 23.1 Å². The summed E-state index contributed by atoms with van der Waals surface area (Å²) in [5.74, 6) is 0.156. The van der Waals surface area contributed by atoms with Crippen LogP contribution in [-0.4, -0.2) is 51.9 Å². The van der Waals surface area contributed by atoms with Crippen LogP contribution in [0.1, 0.15) is 84.6 Å². The lowest BCUT2D eigenvalue weighted by molar-refractivity contribution is -0.155. The molecule has 0 saturated heterocycles. The highest BCUT2D eigenvalue weighted by molar-refractivity contribution is 7.86. The van der Waals surface area contributed by atoms with Crippen LogP contribution in [-0.2, 0) is 33.4 Å². The fraction of sp³-hybridized carbons (Fsp3) is 0.724. The van der Waals surface area contributed by atoms with Gasteiger partial charge < -0.3 is 14.6 Å². The second-order valence-electron chi connectivity index (χ2n) is 11.8. The first-order valence-corrected chi connectivity index (χ1v) is 14.9. The Morgan fingerprint density at radius 3 is 1.55 bits per heavy atom. The van der Waals surface area contributed by atoms with Gasteiger partial charge in [0.25, 0.3) is 10.1 Å². The normalized spacial score (nSPS) is 24.5. The lowest BCUT2D eigenvalue weighted by Gasteiger charge is -2.36. The Hall–Kier alpha value is -1.97. The summed E-state index contributed by atoms with van der Waals surface area (Å²) in [6.07, 6.45) is 5.70. The van der Waals surface area contributed by atoms with Gasteiger partial charge in [0, 0.05) is 0 Å². The van der Waals surface area contributed by atoms with Gasteiger partial charge in [-0.15, -0.1) is 0 Å². The monoisotopic (exact) mass is 554 g/mol. The van der Waals surface area contributed by atoms with Crippen LogP contribution >= 0.6 is 0 Å². The van der Waals surface area contributed by atoms with Crippen molar-refractivity contribution in [2.45, 2.75) is 103 Å². The Morgan fingerprint density at radius 1 is 0.763 bits per heavy atom. The van der Waals surface area contributed by atoms with Crippen molar-refractivity contribution < 1.29 is 36.8 Å². The smallest absolute Gasteiger partial charge is 0.311 e. The summed E-state index contributed by atoms with van der Waals surface area (Å²) < 4.78 is 39.8. The van der Waals surface area contributed by atoms with Crippen molar-refractivity contribution in [3.63, 3.8) is 0 Å². The zero-order valence-corrected chi connectivity index (χ0v) is 24.8. The summed E-state index contributed by atoms with van der Waals surface area (Å²) in [7, 11) is -0.914. The Morgan fingerprint density at radius 2 is 1.16 bits per heavy atom. The van der Waals surface area contributed by atoms with E-state index in [1.165, 1.54) is 14.2 Å². The van der Waals surface area contributed by atoms with Crippen LogP contribution in [0.5, 0.6) is 0 Å². The summed E-state index contributed by atoms with van der Waals surface area (Å²) in [5, 5.41) is 9.37. The van der Waals surface area contributed by atoms with E-state index in [1.54, 1.807) is 24.3 Å². The Bertz CT molecular complexity index is 1010. The number of hydrogen-bond donors (Lipinski definition) is 1. The van der Waals surface area contributed by atoms with Crippen molar-refractivity contribution in [1.82, 2.24) is 0 Å². The van der Waals surface area contributed by atoms with Crippen molar-refractivity contribution in [1.29, 1.82) is 0 Å². The predicted molar refractivity (Wildman–Crippen MR) is 145 cm³/mol. The summed E-state index contributed by atoms with van der Waals surface area (Å²) >= 11 is 0. The minimum absolute atomic E-state index is 0.140. The second kappa shape index (κ2) is 13.4. The third kappa shape index (κ3) is 8.26. The Balaban J connectivity index is 0.000000308. The summed E-state index contributed by atoms with van der Waals surface area (Å²) in [6, 6.07) is 6.64. The second-order valence-corrected chi connectivity index (χ2v) is 13.3. The van der Waals surface area contributed by atoms with E-state index in [-0.39, 0.29) is 35.0 Å². The summed E-state index contributed by atoms with van der Waals surface area (Å²) in [6.45, 7) is 9.53. The number of esters is 2. The van der Waals surface area contributed by atoms with Gasteiger partial charge >= 0.3 is 11.9 Å². The number of rotatable bonds is 7. The molecule has 9 heteroatoms. The quantitative estimate of drug-likeness (QED) is 0.361. The zero-order valence-electron chi connectivity index (χ0n) is 24.0. The molecule has 0 atom stereocenters. The molecule has 0 unspecified atom stereocenters. The topological polar surface area (TPSA) is 116 Å². The number of carbonyl (C=O) groups is 2. The number of ether oxygens (including phenoxy) is 2. The molecule has 38 heavy (non-hydrogen) atoms. The number of methoxy groups -OCH3 is 2. The molecular weight excluding hydrogens is 508 g/mol. The van der Waals surface area contributed by atoms with Crippen LogP contribution < -0.4 is 0 Å². The van der Waals surface area contributed by atoms with Crippen LogP contribution in [0.2, 0.25) is 0 Å². The van der Waals surface area contributed by atoms with E-state index >= 15 is 0 Å². The SMILES string of the molecule is COC(=O)C(C)(C)C1CCC(O)CC1.COC(=O)C(C)(C)C1CCC(OS(=O)(=O)c2ccc(C)cc2)CC1. The highest BCUT2D eigenvalue weighted by atomic mass is 32.2. The van der Waals surface area contributed by atoms with Crippen LogP contribution in [0, 0.1) is 29.6 Å². The zero-order chi connectivity index (χ0) is 28.7. The minimum atomic E-state index is -3.74. The third-order valence-corrected chi connectivity index (χ3v) is 9.78. The van der Waals surface area contributed by atoms with Crippen molar-refractivity contribution in [3.05, 3.63) is 29.8 Å². The maximum absolute atomic E-state index is 12.3. The molecular formula is C29H46O8S. The van der Waals surface area contributed by atoms with Gasteiger partial charge in [-0.2, -0.15) is 8.42 Å². The largest absolute Gasteiger partial charge is 0.469 e. The van der Waals surface area contributed by atoms with Gasteiger partial charge in [0.2, 0.25) is 0 Å². The molecule has 1 N–H and O–H groups in total. The standard InChI is InChI=1S/C18H26O5S.C11H20O3/c1-13-5-11-16(12-6-13)24(20,21)23-15-9-7-14(8-10-15)18(2,3)17(19)22-4;1-11(2,10(13)14-3)8-4-6-9(12)7-5-8/h5-6,11-12,14-15H,7-10H2,1-4H3;8-9,12H,4-7H2,1-3H3. The van der Waals surface area contributed by atoms with Crippen molar-refractivity contribution >= 4 is 22.1 Å². The van der Waals surface area contributed by atoms with Crippen molar-refractivity contribution in [2.75, 3.05) is 14.2 Å². The highest BCUT2D eigenvalue weighted by Gasteiger charge is 2.41. The number of carbonyl (C=O) groups excluding carboxylic acids is 2. The van der Waals surface area contributed by atoms with Gasteiger partial charge in [0.05, 0.1) is 42.2 Å². The molecule has 2 saturated carbocycles. The van der Waals surface area contributed by atoms with Crippen LogP contribution in [0.25, 0.3) is 0 Å². The number of aryl methyl sites for hydroxylation is 1. The first-order chi connectivity index (χ1) is 17.6. The average molecular weight is 555 g/mol. The van der Waals surface area contributed by atoms with Gasteiger partial charge in [0.1, 0.15) is 0 Å².